The van der Waals surface area contributed by atoms with E-state index in [9.17, 15) is 0 Å². The summed E-state index contributed by atoms with van der Waals surface area (Å²) in [5.41, 5.74) is 3.28. The number of fused-ring (bicyclic) bond motifs is 2. The molecule has 4 rings (SSSR count). The fourth-order valence-electron chi connectivity index (χ4n) is 3.72. The first-order valence-corrected chi connectivity index (χ1v) is 8.14. The van der Waals surface area contributed by atoms with Gasteiger partial charge in [0, 0.05) is 34.8 Å². The summed E-state index contributed by atoms with van der Waals surface area (Å²) < 4.78 is 0. The maximum absolute atomic E-state index is 6.30. The summed E-state index contributed by atoms with van der Waals surface area (Å²) in [6.45, 7) is 0. The molecule has 3 atom stereocenters. The lowest BCUT2D eigenvalue weighted by Crippen LogP contribution is -2.21. The van der Waals surface area contributed by atoms with Crippen LogP contribution >= 0.6 is 23.2 Å². The Bertz CT molecular complexity index is 686. The smallest absolute Gasteiger partial charge is 0.136 e. The second-order valence-electron chi connectivity index (χ2n) is 6.01. The zero-order chi connectivity index (χ0) is 14.4. The lowest BCUT2D eigenvalue weighted by atomic mass is 9.84. The van der Waals surface area contributed by atoms with Crippen molar-refractivity contribution in [3.63, 3.8) is 0 Å². The van der Waals surface area contributed by atoms with Crippen molar-refractivity contribution >= 4 is 23.2 Å². The number of benzene rings is 1. The highest BCUT2D eigenvalue weighted by molar-refractivity contribution is 6.32. The van der Waals surface area contributed by atoms with E-state index in [2.05, 4.69) is 16.4 Å². The molecule has 3 heterocycles. The molecule has 108 valence electrons. The molecule has 0 spiro atoms. The molecular weight excluding hydrogens is 303 g/mol. The molecule has 2 bridgehead atoms. The molecule has 1 aromatic heterocycles. The van der Waals surface area contributed by atoms with Crippen LogP contribution in [0.2, 0.25) is 10.2 Å². The molecule has 0 aliphatic carbocycles. The summed E-state index contributed by atoms with van der Waals surface area (Å²) >= 11 is 12.4. The Morgan fingerprint density at radius 1 is 1.14 bits per heavy atom. The molecule has 2 saturated heterocycles. The van der Waals surface area contributed by atoms with E-state index in [-0.39, 0.29) is 0 Å². The van der Waals surface area contributed by atoms with Crippen molar-refractivity contribution in [1.29, 1.82) is 0 Å². The third-order valence-corrected chi connectivity index (χ3v) is 5.26. The van der Waals surface area contributed by atoms with Crippen LogP contribution in [0.4, 0.5) is 0 Å². The second-order valence-corrected chi connectivity index (χ2v) is 6.80. The average Bonchev–Trinajstić information content (AvgIpc) is 3.10. The van der Waals surface area contributed by atoms with Gasteiger partial charge in [-0.3, -0.25) is 0 Å². The van der Waals surface area contributed by atoms with Gasteiger partial charge in [-0.1, -0.05) is 35.3 Å². The zero-order valence-electron chi connectivity index (χ0n) is 11.5. The largest absolute Gasteiger partial charge is 0.311 e. The fourth-order valence-corrected chi connectivity index (χ4v) is 4.12. The van der Waals surface area contributed by atoms with Crippen LogP contribution in [0.5, 0.6) is 0 Å². The number of halogens is 2. The van der Waals surface area contributed by atoms with Gasteiger partial charge in [0.1, 0.15) is 5.15 Å². The van der Waals surface area contributed by atoms with Crippen molar-refractivity contribution in [2.75, 3.05) is 0 Å². The van der Waals surface area contributed by atoms with E-state index >= 15 is 0 Å². The van der Waals surface area contributed by atoms with Gasteiger partial charge in [-0.2, -0.15) is 0 Å². The molecule has 2 aliphatic rings. The minimum atomic E-state index is 0.539. The number of aromatic nitrogens is 1. The summed E-state index contributed by atoms with van der Waals surface area (Å²) in [5, 5.41) is 4.93. The monoisotopic (exact) mass is 318 g/mol. The number of nitrogens with one attached hydrogen (secondary N) is 1. The van der Waals surface area contributed by atoms with E-state index in [1.807, 2.05) is 30.5 Å². The van der Waals surface area contributed by atoms with E-state index in [0.29, 0.717) is 23.2 Å². The van der Waals surface area contributed by atoms with Crippen LogP contribution in [0.15, 0.2) is 36.5 Å². The maximum atomic E-state index is 6.30. The van der Waals surface area contributed by atoms with Gasteiger partial charge in [0.25, 0.3) is 0 Å². The number of rotatable bonds is 2. The van der Waals surface area contributed by atoms with Gasteiger partial charge in [-0.25, -0.2) is 4.98 Å². The van der Waals surface area contributed by atoms with Crippen LogP contribution in [0.25, 0.3) is 11.1 Å². The Kier molecular flexibility index (Phi) is 3.41. The minimum Gasteiger partial charge on any atom is -0.311 e. The predicted molar refractivity (Wildman–Crippen MR) is 87.0 cm³/mol. The van der Waals surface area contributed by atoms with Gasteiger partial charge in [0.05, 0.1) is 0 Å². The van der Waals surface area contributed by atoms with E-state index in [4.69, 9.17) is 23.2 Å². The molecule has 4 heteroatoms. The molecule has 0 radical (unpaired) electrons. The molecule has 0 amide bonds. The Labute approximate surface area is 134 Å². The van der Waals surface area contributed by atoms with Gasteiger partial charge in [0.2, 0.25) is 0 Å². The first kappa shape index (κ1) is 13.6. The Hall–Kier alpha value is -1.09. The standard InChI is InChI=1S/C17H16Cl2N2/c18-12-3-1-2-10(6-12)15-7-11(9-20-17(15)19)14-8-13-4-5-16(14)21-13/h1-3,6-7,9,13-14,16,21H,4-5,8H2/t13-,14+,16+/m0/s1. The van der Waals surface area contributed by atoms with E-state index in [1.54, 1.807) is 0 Å². The first-order valence-electron chi connectivity index (χ1n) is 7.38. The zero-order valence-corrected chi connectivity index (χ0v) is 13.0. The number of pyridine rings is 1. The molecule has 0 unspecified atom stereocenters. The highest BCUT2D eigenvalue weighted by Gasteiger charge is 2.39. The molecular formula is C17H16Cl2N2. The number of nitrogens with zero attached hydrogens (tertiary/aromatic N) is 1. The normalized spacial score (nSPS) is 27.2. The average molecular weight is 319 g/mol. The topological polar surface area (TPSA) is 24.9 Å². The Morgan fingerprint density at radius 3 is 2.76 bits per heavy atom. The van der Waals surface area contributed by atoms with Gasteiger partial charge in [0.15, 0.2) is 0 Å². The second kappa shape index (κ2) is 5.28. The highest BCUT2D eigenvalue weighted by atomic mass is 35.5. The van der Waals surface area contributed by atoms with E-state index < -0.39 is 0 Å². The van der Waals surface area contributed by atoms with Crippen LogP contribution in [0, 0.1) is 0 Å². The third-order valence-electron chi connectivity index (χ3n) is 4.72. The molecule has 2 aliphatic heterocycles. The third kappa shape index (κ3) is 2.46. The van der Waals surface area contributed by atoms with Crippen LogP contribution in [-0.4, -0.2) is 17.1 Å². The van der Waals surface area contributed by atoms with Crippen LogP contribution in [0.1, 0.15) is 30.7 Å². The van der Waals surface area contributed by atoms with Crippen molar-refractivity contribution in [2.45, 2.75) is 37.3 Å². The van der Waals surface area contributed by atoms with Crippen LogP contribution in [-0.2, 0) is 0 Å². The summed E-state index contributed by atoms with van der Waals surface area (Å²) in [6.07, 6.45) is 5.72. The van der Waals surface area contributed by atoms with Gasteiger partial charge < -0.3 is 5.32 Å². The van der Waals surface area contributed by atoms with E-state index in [0.717, 1.165) is 16.1 Å². The molecule has 1 aromatic carbocycles. The Morgan fingerprint density at radius 2 is 2.05 bits per heavy atom. The quantitative estimate of drug-likeness (QED) is 0.814. The predicted octanol–water partition coefficient (Wildman–Crippen LogP) is 4.66. The summed E-state index contributed by atoms with van der Waals surface area (Å²) in [6, 6.07) is 11.3. The number of hydrogen-bond donors (Lipinski definition) is 1. The minimum absolute atomic E-state index is 0.539. The van der Waals surface area contributed by atoms with Gasteiger partial charge >= 0.3 is 0 Å². The molecule has 2 fully saturated rings. The van der Waals surface area contributed by atoms with Crippen molar-refractivity contribution in [2.24, 2.45) is 0 Å². The first-order chi connectivity index (χ1) is 10.2. The van der Waals surface area contributed by atoms with Crippen molar-refractivity contribution < 1.29 is 0 Å². The number of hydrogen-bond acceptors (Lipinski definition) is 2. The summed E-state index contributed by atoms with van der Waals surface area (Å²) in [4.78, 5) is 4.41. The maximum Gasteiger partial charge on any atom is 0.136 e. The van der Waals surface area contributed by atoms with Crippen molar-refractivity contribution in [1.82, 2.24) is 10.3 Å². The van der Waals surface area contributed by atoms with Crippen molar-refractivity contribution in [3.05, 3.63) is 52.3 Å². The molecule has 21 heavy (non-hydrogen) atoms. The summed E-state index contributed by atoms with van der Waals surface area (Å²) in [7, 11) is 0. The molecule has 2 aromatic rings. The highest BCUT2D eigenvalue weighted by Crippen LogP contribution is 2.41. The molecule has 0 saturated carbocycles. The van der Waals surface area contributed by atoms with Gasteiger partial charge in [-0.15, -0.1) is 0 Å². The van der Waals surface area contributed by atoms with Crippen LogP contribution in [0.3, 0.4) is 0 Å². The SMILES string of the molecule is Clc1cccc(-c2cc([C@H]3C[C@@H]4CC[C@H]3N4)cnc2Cl)c1. The van der Waals surface area contributed by atoms with Crippen LogP contribution < -0.4 is 5.32 Å². The lowest BCUT2D eigenvalue weighted by Gasteiger charge is -2.21. The summed E-state index contributed by atoms with van der Waals surface area (Å²) in [5.74, 6) is 0.562. The van der Waals surface area contributed by atoms with Gasteiger partial charge in [-0.05, 0) is 48.6 Å². The molecule has 1 N–H and O–H groups in total. The lowest BCUT2D eigenvalue weighted by molar-refractivity contribution is 0.505. The fraction of sp³-hybridized carbons (Fsp3) is 0.353. The Balaban J connectivity index is 1.73. The van der Waals surface area contributed by atoms with E-state index in [1.165, 1.54) is 24.8 Å². The molecule has 2 nitrogen and oxygen atoms in total. The van der Waals surface area contributed by atoms with Crippen molar-refractivity contribution in [3.8, 4) is 11.1 Å².